The van der Waals surface area contributed by atoms with Crippen molar-refractivity contribution in [3.8, 4) is 0 Å². The molecule has 2 aromatic rings. The number of allylic oxidation sites excluding steroid dienone is 7. The van der Waals surface area contributed by atoms with Crippen molar-refractivity contribution in [2.45, 2.75) is 70.5 Å². The van der Waals surface area contributed by atoms with Crippen molar-refractivity contribution in [1.82, 2.24) is 0 Å². The molecule has 6 aliphatic rings. The summed E-state index contributed by atoms with van der Waals surface area (Å²) in [6.07, 6.45) is 21.7. The van der Waals surface area contributed by atoms with Gasteiger partial charge in [-0.3, -0.25) is 0 Å². The summed E-state index contributed by atoms with van der Waals surface area (Å²) >= 11 is 0. The fourth-order valence-corrected chi connectivity index (χ4v) is 8.74. The zero-order chi connectivity index (χ0) is 27.4. The molecule has 6 atom stereocenters. The molecule has 8 rings (SSSR count). The maximum absolute atomic E-state index is 7.14. The molecule has 0 spiro atoms. The largest absolute Gasteiger partial charge is 0.365 e. The van der Waals surface area contributed by atoms with Crippen LogP contribution >= 0.6 is 0 Å². The average Bonchev–Trinajstić information content (AvgIpc) is 3.18. The van der Waals surface area contributed by atoms with Gasteiger partial charge >= 0.3 is 0 Å². The van der Waals surface area contributed by atoms with Crippen LogP contribution in [0.25, 0.3) is 17.2 Å². The van der Waals surface area contributed by atoms with Gasteiger partial charge in [-0.25, -0.2) is 0 Å². The molecule has 1 saturated heterocycles. The Balaban J connectivity index is 1.16. The van der Waals surface area contributed by atoms with Crippen molar-refractivity contribution in [2.24, 2.45) is 23.7 Å². The fourth-order valence-electron chi connectivity index (χ4n) is 8.74. The molecule has 0 N–H and O–H groups in total. The van der Waals surface area contributed by atoms with E-state index in [0.29, 0.717) is 23.7 Å². The molecule has 1 heteroatoms. The summed E-state index contributed by atoms with van der Waals surface area (Å²) in [5.74, 6) is 1.92. The van der Waals surface area contributed by atoms with Crippen LogP contribution in [-0.2, 0) is 15.6 Å². The SMILES string of the molecule is CC(C)(C)c1ccc2c(c1)C(C)(C)C1CC(C3=CC=CC4C3OC3C=c5ccccc5=C5C=CCC4C53)=CC=C21. The number of fused-ring (bicyclic) bond motifs is 6. The quantitative estimate of drug-likeness (QED) is 0.380. The monoisotopic (exact) mass is 524 g/mol. The topological polar surface area (TPSA) is 9.23 Å². The molecule has 40 heavy (non-hydrogen) atoms. The zero-order valence-corrected chi connectivity index (χ0v) is 24.4. The summed E-state index contributed by atoms with van der Waals surface area (Å²) in [6, 6.07) is 16.1. The van der Waals surface area contributed by atoms with E-state index in [9.17, 15) is 0 Å². The lowest BCUT2D eigenvalue weighted by atomic mass is 9.62. The molecule has 0 amide bonds. The van der Waals surface area contributed by atoms with Gasteiger partial charge in [-0.1, -0.05) is 120 Å². The summed E-state index contributed by atoms with van der Waals surface area (Å²) in [6.45, 7) is 11.9. The van der Waals surface area contributed by atoms with E-state index in [2.05, 4.69) is 126 Å². The Morgan fingerprint density at radius 2 is 1.80 bits per heavy atom. The van der Waals surface area contributed by atoms with E-state index in [0.717, 1.165) is 12.8 Å². The predicted molar refractivity (Wildman–Crippen MR) is 166 cm³/mol. The second kappa shape index (κ2) is 8.43. The van der Waals surface area contributed by atoms with Crippen LogP contribution in [0.3, 0.4) is 0 Å². The number of ether oxygens (including phenoxy) is 1. The highest BCUT2D eigenvalue weighted by molar-refractivity contribution is 5.81. The molecular weight excluding hydrogens is 484 g/mol. The Hall–Kier alpha value is -3.16. The van der Waals surface area contributed by atoms with Crippen molar-refractivity contribution in [1.29, 1.82) is 0 Å². The smallest absolute Gasteiger partial charge is 0.0901 e. The summed E-state index contributed by atoms with van der Waals surface area (Å²) < 4.78 is 7.14. The van der Waals surface area contributed by atoms with Crippen LogP contribution in [0.5, 0.6) is 0 Å². The molecule has 2 aromatic carbocycles. The molecule has 0 bridgehead atoms. The van der Waals surface area contributed by atoms with Crippen LogP contribution in [0.15, 0.2) is 96.1 Å². The van der Waals surface area contributed by atoms with Crippen molar-refractivity contribution in [2.75, 3.05) is 0 Å². The number of benzene rings is 2. The van der Waals surface area contributed by atoms with E-state index < -0.39 is 0 Å². The lowest BCUT2D eigenvalue weighted by molar-refractivity contribution is -0.0731. The van der Waals surface area contributed by atoms with Gasteiger partial charge in [-0.2, -0.15) is 0 Å². The molecule has 1 fully saturated rings. The predicted octanol–water partition coefficient (Wildman–Crippen LogP) is 7.32. The van der Waals surface area contributed by atoms with Gasteiger partial charge in [0.15, 0.2) is 0 Å². The Kier molecular flexibility index (Phi) is 5.19. The van der Waals surface area contributed by atoms with Gasteiger partial charge in [0.1, 0.15) is 0 Å². The Morgan fingerprint density at radius 3 is 2.65 bits per heavy atom. The highest BCUT2D eigenvalue weighted by atomic mass is 16.5. The lowest BCUT2D eigenvalue weighted by Gasteiger charge is -2.50. The van der Waals surface area contributed by atoms with Gasteiger partial charge in [0.25, 0.3) is 0 Å². The van der Waals surface area contributed by atoms with E-state index in [-0.39, 0.29) is 23.0 Å². The minimum Gasteiger partial charge on any atom is -0.365 e. The maximum atomic E-state index is 7.14. The Morgan fingerprint density at radius 1 is 0.950 bits per heavy atom. The van der Waals surface area contributed by atoms with Crippen LogP contribution in [0.2, 0.25) is 0 Å². The van der Waals surface area contributed by atoms with Gasteiger partial charge in [0, 0.05) is 11.8 Å². The summed E-state index contributed by atoms with van der Waals surface area (Å²) in [7, 11) is 0. The molecule has 0 aromatic heterocycles. The molecule has 6 unspecified atom stereocenters. The van der Waals surface area contributed by atoms with Crippen molar-refractivity contribution >= 4 is 17.2 Å². The van der Waals surface area contributed by atoms with Crippen LogP contribution in [0, 0.1) is 23.7 Å². The third-order valence-electron chi connectivity index (χ3n) is 11.0. The maximum Gasteiger partial charge on any atom is 0.0901 e. The standard InChI is InChI=1S/C39H40O/c1-38(2,3)25-17-19-29-28-18-16-24(20-33(28)39(4,5)34(29)22-25)27-12-8-15-32-31-14-9-13-30-26-11-7-6-10-23(26)21-35(36(30)31)40-37(27)32/h6-13,15-19,21-22,31-33,35-37H,14,20H2,1-5H3. The Bertz CT molecular complexity index is 1710. The molecule has 0 saturated carbocycles. The Labute approximate surface area is 239 Å². The summed E-state index contributed by atoms with van der Waals surface area (Å²) in [5.41, 5.74) is 10.5. The minimum atomic E-state index is 0.101. The second-order valence-electron chi connectivity index (χ2n) is 14.4. The lowest BCUT2D eigenvalue weighted by Crippen LogP contribution is -2.53. The van der Waals surface area contributed by atoms with Gasteiger partial charge in [-0.15, -0.1) is 0 Å². The van der Waals surface area contributed by atoms with E-state index in [1.807, 2.05) is 0 Å². The molecule has 5 aliphatic carbocycles. The first-order valence-corrected chi connectivity index (χ1v) is 15.3. The van der Waals surface area contributed by atoms with E-state index in [4.69, 9.17) is 4.74 Å². The fraction of sp³-hybridized carbons (Fsp3) is 0.385. The number of hydrogen-bond donors (Lipinski definition) is 0. The zero-order valence-electron chi connectivity index (χ0n) is 24.4. The van der Waals surface area contributed by atoms with E-state index >= 15 is 0 Å². The normalized spacial score (nSPS) is 32.4. The van der Waals surface area contributed by atoms with Gasteiger partial charge in [0.2, 0.25) is 0 Å². The molecule has 1 heterocycles. The molecule has 1 nitrogen and oxygen atoms in total. The van der Waals surface area contributed by atoms with Crippen LogP contribution < -0.4 is 10.4 Å². The minimum absolute atomic E-state index is 0.101. The third kappa shape index (κ3) is 3.43. The first-order valence-electron chi connectivity index (χ1n) is 15.3. The van der Waals surface area contributed by atoms with Crippen LogP contribution in [-0.4, -0.2) is 12.2 Å². The first kappa shape index (κ1) is 24.6. The third-order valence-corrected chi connectivity index (χ3v) is 11.0. The summed E-state index contributed by atoms with van der Waals surface area (Å²) in [5, 5.41) is 2.72. The first-order chi connectivity index (χ1) is 19.2. The van der Waals surface area contributed by atoms with Crippen molar-refractivity contribution in [3.63, 3.8) is 0 Å². The van der Waals surface area contributed by atoms with Crippen LogP contribution in [0.4, 0.5) is 0 Å². The highest BCUT2D eigenvalue weighted by Gasteiger charge is 2.50. The number of hydrogen-bond acceptors (Lipinski definition) is 1. The number of rotatable bonds is 1. The molecular formula is C39H40O. The van der Waals surface area contributed by atoms with Gasteiger partial charge < -0.3 is 4.74 Å². The van der Waals surface area contributed by atoms with Gasteiger partial charge in [0.05, 0.1) is 12.2 Å². The van der Waals surface area contributed by atoms with E-state index in [1.54, 1.807) is 0 Å². The van der Waals surface area contributed by atoms with Crippen molar-refractivity contribution in [3.05, 3.63) is 123 Å². The molecule has 0 radical (unpaired) electrons. The molecule has 202 valence electrons. The molecule has 1 aliphatic heterocycles. The van der Waals surface area contributed by atoms with Crippen LogP contribution in [0.1, 0.15) is 64.2 Å². The van der Waals surface area contributed by atoms with Crippen molar-refractivity contribution < 1.29 is 4.74 Å². The highest BCUT2D eigenvalue weighted by Crippen LogP contribution is 2.56. The average molecular weight is 525 g/mol. The summed E-state index contributed by atoms with van der Waals surface area (Å²) in [4.78, 5) is 0. The second-order valence-corrected chi connectivity index (χ2v) is 14.4. The van der Waals surface area contributed by atoms with Gasteiger partial charge in [-0.05, 0) is 91.0 Å². The van der Waals surface area contributed by atoms with E-state index in [1.165, 1.54) is 49.4 Å².